The van der Waals surface area contributed by atoms with Gasteiger partial charge in [0.15, 0.2) is 0 Å². The summed E-state index contributed by atoms with van der Waals surface area (Å²) < 4.78 is 2.15. The third-order valence-corrected chi connectivity index (χ3v) is 4.37. The molecular formula is C15H13N3S. The maximum absolute atomic E-state index is 9.10. The zero-order valence-electron chi connectivity index (χ0n) is 10.8. The molecule has 0 saturated carbocycles. The summed E-state index contributed by atoms with van der Waals surface area (Å²) in [4.78, 5) is 5.83. The molecule has 0 amide bonds. The van der Waals surface area contributed by atoms with Crippen LogP contribution in [0.2, 0.25) is 0 Å². The van der Waals surface area contributed by atoms with Crippen molar-refractivity contribution in [1.82, 2.24) is 9.55 Å². The topological polar surface area (TPSA) is 41.6 Å². The van der Waals surface area contributed by atoms with Crippen LogP contribution < -0.4 is 0 Å². The molecule has 0 radical (unpaired) electrons. The van der Waals surface area contributed by atoms with Crippen LogP contribution in [-0.2, 0) is 6.54 Å². The summed E-state index contributed by atoms with van der Waals surface area (Å²) in [5.74, 6) is 0. The van der Waals surface area contributed by atoms with E-state index in [1.165, 1.54) is 4.88 Å². The number of nitriles is 1. The van der Waals surface area contributed by atoms with Crippen LogP contribution in [0.4, 0.5) is 0 Å². The Kier molecular flexibility index (Phi) is 2.84. The van der Waals surface area contributed by atoms with Gasteiger partial charge >= 0.3 is 0 Å². The van der Waals surface area contributed by atoms with E-state index in [1.807, 2.05) is 37.4 Å². The molecule has 1 aromatic carbocycles. The van der Waals surface area contributed by atoms with E-state index >= 15 is 0 Å². The minimum atomic E-state index is 0.725. The maximum Gasteiger partial charge on any atom is 0.113 e. The summed E-state index contributed by atoms with van der Waals surface area (Å²) in [5.41, 5.74) is 2.92. The fourth-order valence-electron chi connectivity index (χ4n) is 2.21. The number of benzene rings is 1. The minimum absolute atomic E-state index is 0.725. The lowest BCUT2D eigenvalue weighted by atomic mass is 10.1. The Bertz CT molecular complexity index is 770. The number of rotatable bonds is 2. The molecular weight excluding hydrogens is 254 g/mol. The van der Waals surface area contributed by atoms with E-state index < -0.39 is 0 Å². The van der Waals surface area contributed by atoms with E-state index in [1.54, 1.807) is 11.3 Å². The SMILES string of the molecule is Cc1nc(Cn2ccc3c(C#N)cccc32)sc1C. The van der Waals surface area contributed by atoms with Crippen molar-refractivity contribution in [3.8, 4) is 6.07 Å². The molecule has 3 rings (SSSR count). The van der Waals surface area contributed by atoms with Gasteiger partial charge in [0, 0.05) is 22.0 Å². The Balaban J connectivity index is 2.05. The van der Waals surface area contributed by atoms with Gasteiger partial charge < -0.3 is 4.57 Å². The molecule has 19 heavy (non-hydrogen) atoms. The predicted molar refractivity (Wildman–Crippen MR) is 77.3 cm³/mol. The normalized spacial score (nSPS) is 10.8. The van der Waals surface area contributed by atoms with Crippen molar-refractivity contribution in [2.75, 3.05) is 0 Å². The molecule has 0 unspecified atom stereocenters. The maximum atomic E-state index is 9.10. The number of thiazole rings is 1. The van der Waals surface area contributed by atoms with Gasteiger partial charge in [0.1, 0.15) is 5.01 Å². The molecule has 4 heteroatoms. The summed E-state index contributed by atoms with van der Waals surface area (Å²) in [6.07, 6.45) is 2.03. The van der Waals surface area contributed by atoms with Crippen LogP contribution >= 0.6 is 11.3 Å². The highest BCUT2D eigenvalue weighted by atomic mass is 32.1. The number of fused-ring (bicyclic) bond motifs is 1. The Morgan fingerprint density at radius 3 is 2.84 bits per heavy atom. The number of nitrogens with zero attached hydrogens (tertiary/aromatic N) is 3. The van der Waals surface area contributed by atoms with Crippen LogP contribution in [0.25, 0.3) is 10.9 Å². The molecule has 0 aliphatic carbocycles. The largest absolute Gasteiger partial charge is 0.341 e. The smallest absolute Gasteiger partial charge is 0.113 e. The molecule has 0 saturated heterocycles. The number of hydrogen-bond acceptors (Lipinski definition) is 3. The van der Waals surface area contributed by atoms with E-state index in [2.05, 4.69) is 22.5 Å². The van der Waals surface area contributed by atoms with E-state index in [9.17, 15) is 0 Å². The summed E-state index contributed by atoms with van der Waals surface area (Å²) in [5, 5.41) is 11.2. The molecule has 3 nitrogen and oxygen atoms in total. The lowest BCUT2D eigenvalue weighted by molar-refractivity contribution is 0.824. The van der Waals surface area contributed by atoms with Gasteiger partial charge in [-0.15, -0.1) is 11.3 Å². The first kappa shape index (κ1) is 11.9. The summed E-state index contributed by atoms with van der Waals surface area (Å²) in [7, 11) is 0. The molecule has 2 aromatic heterocycles. The van der Waals surface area contributed by atoms with Crippen molar-refractivity contribution in [1.29, 1.82) is 5.26 Å². The van der Waals surface area contributed by atoms with Gasteiger partial charge in [-0.1, -0.05) is 6.07 Å². The van der Waals surface area contributed by atoms with E-state index in [-0.39, 0.29) is 0 Å². The summed E-state index contributed by atoms with van der Waals surface area (Å²) in [6.45, 7) is 4.90. The molecule has 0 N–H and O–H groups in total. The first-order valence-corrected chi connectivity index (χ1v) is 6.91. The van der Waals surface area contributed by atoms with Crippen LogP contribution in [0.5, 0.6) is 0 Å². The van der Waals surface area contributed by atoms with Crippen molar-refractivity contribution < 1.29 is 0 Å². The Hall–Kier alpha value is -2.12. The first-order chi connectivity index (χ1) is 9.19. The van der Waals surface area contributed by atoms with Crippen LogP contribution in [0.1, 0.15) is 21.1 Å². The summed E-state index contributed by atoms with van der Waals surface area (Å²) in [6, 6.07) is 10.1. The molecule has 0 spiro atoms. The van der Waals surface area contributed by atoms with Gasteiger partial charge in [-0.05, 0) is 32.0 Å². The highest BCUT2D eigenvalue weighted by Crippen LogP contribution is 2.23. The lowest BCUT2D eigenvalue weighted by Crippen LogP contribution is -1.97. The zero-order chi connectivity index (χ0) is 13.4. The molecule has 0 fully saturated rings. The second-order valence-electron chi connectivity index (χ2n) is 4.54. The number of aryl methyl sites for hydroxylation is 2. The van der Waals surface area contributed by atoms with E-state index in [0.29, 0.717) is 0 Å². The van der Waals surface area contributed by atoms with Crippen molar-refractivity contribution in [2.24, 2.45) is 0 Å². The number of hydrogen-bond donors (Lipinski definition) is 0. The zero-order valence-corrected chi connectivity index (χ0v) is 11.7. The van der Waals surface area contributed by atoms with E-state index in [4.69, 9.17) is 5.26 Å². The molecule has 2 heterocycles. The lowest BCUT2D eigenvalue weighted by Gasteiger charge is -2.02. The molecule has 0 aliphatic rings. The standard InChI is InChI=1S/C15H13N3S/c1-10-11(2)19-15(17-10)9-18-7-6-13-12(8-16)4-3-5-14(13)18/h3-7H,9H2,1-2H3. The molecule has 0 atom stereocenters. The second kappa shape index (κ2) is 4.52. The first-order valence-electron chi connectivity index (χ1n) is 6.10. The molecule has 3 aromatic rings. The van der Waals surface area contributed by atoms with Crippen LogP contribution in [0.3, 0.4) is 0 Å². The second-order valence-corrected chi connectivity index (χ2v) is 5.83. The monoisotopic (exact) mass is 267 g/mol. The van der Waals surface area contributed by atoms with Crippen molar-refractivity contribution in [2.45, 2.75) is 20.4 Å². The van der Waals surface area contributed by atoms with Gasteiger partial charge in [0.25, 0.3) is 0 Å². The highest BCUT2D eigenvalue weighted by molar-refractivity contribution is 7.11. The number of aromatic nitrogens is 2. The fraction of sp³-hybridized carbons (Fsp3) is 0.200. The Labute approximate surface area is 115 Å². The van der Waals surface area contributed by atoms with Gasteiger partial charge in [-0.25, -0.2) is 4.98 Å². The van der Waals surface area contributed by atoms with Crippen LogP contribution in [0, 0.1) is 25.2 Å². The third kappa shape index (κ3) is 2.02. The average Bonchev–Trinajstić information content (AvgIpc) is 2.95. The quantitative estimate of drug-likeness (QED) is 0.711. The van der Waals surface area contributed by atoms with Crippen LogP contribution in [-0.4, -0.2) is 9.55 Å². The van der Waals surface area contributed by atoms with Gasteiger partial charge in [-0.2, -0.15) is 5.26 Å². The van der Waals surface area contributed by atoms with Gasteiger partial charge in [0.05, 0.1) is 23.9 Å². The molecule has 0 bridgehead atoms. The third-order valence-electron chi connectivity index (χ3n) is 3.31. The van der Waals surface area contributed by atoms with Crippen molar-refractivity contribution >= 4 is 22.2 Å². The Morgan fingerprint density at radius 2 is 2.16 bits per heavy atom. The average molecular weight is 267 g/mol. The van der Waals surface area contributed by atoms with Gasteiger partial charge in [0.2, 0.25) is 0 Å². The summed E-state index contributed by atoms with van der Waals surface area (Å²) >= 11 is 1.73. The van der Waals surface area contributed by atoms with Gasteiger partial charge in [-0.3, -0.25) is 0 Å². The molecule has 94 valence electrons. The minimum Gasteiger partial charge on any atom is -0.341 e. The Morgan fingerprint density at radius 1 is 1.32 bits per heavy atom. The highest BCUT2D eigenvalue weighted by Gasteiger charge is 2.08. The van der Waals surface area contributed by atoms with Crippen LogP contribution in [0.15, 0.2) is 30.5 Å². The van der Waals surface area contributed by atoms with E-state index in [0.717, 1.165) is 33.7 Å². The fourth-order valence-corrected chi connectivity index (χ4v) is 3.14. The predicted octanol–water partition coefficient (Wildman–Crippen LogP) is 3.63. The molecule has 0 aliphatic heterocycles. The van der Waals surface area contributed by atoms with Crippen molar-refractivity contribution in [3.63, 3.8) is 0 Å². The van der Waals surface area contributed by atoms with Crippen molar-refractivity contribution in [3.05, 3.63) is 51.6 Å².